The Morgan fingerprint density at radius 1 is 1.29 bits per heavy atom. The molecule has 2 heterocycles. The van der Waals surface area contributed by atoms with Crippen molar-refractivity contribution in [3.05, 3.63) is 36.4 Å². The molecule has 1 aromatic carbocycles. The molecule has 0 saturated carbocycles. The summed E-state index contributed by atoms with van der Waals surface area (Å²) in [6, 6.07) is 12.1. The van der Waals surface area contributed by atoms with Crippen molar-refractivity contribution < 1.29 is 5.11 Å². The quantitative estimate of drug-likeness (QED) is 0.901. The third kappa shape index (κ3) is 2.83. The van der Waals surface area contributed by atoms with Gasteiger partial charge in [-0.15, -0.1) is 0 Å². The molecule has 0 aliphatic carbocycles. The normalized spacial score (nSPS) is 18.0. The van der Waals surface area contributed by atoms with Crippen LogP contribution in [0.4, 0.5) is 11.6 Å². The van der Waals surface area contributed by atoms with Crippen molar-refractivity contribution in [2.45, 2.75) is 18.9 Å². The van der Waals surface area contributed by atoms with Crippen molar-refractivity contribution in [1.82, 2.24) is 9.97 Å². The Labute approximate surface area is 124 Å². The lowest BCUT2D eigenvalue weighted by Crippen LogP contribution is -2.32. The van der Waals surface area contributed by atoms with E-state index in [0.29, 0.717) is 5.82 Å². The summed E-state index contributed by atoms with van der Waals surface area (Å²) in [5, 5.41) is 12.6. The van der Waals surface area contributed by atoms with E-state index in [1.807, 2.05) is 43.4 Å². The van der Waals surface area contributed by atoms with Crippen molar-refractivity contribution >= 4 is 11.6 Å². The Kier molecular flexibility index (Phi) is 4.01. The Bertz CT molecular complexity index is 602. The summed E-state index contributed by atoms with van der Waals surface area (Å²) >= 11 is 0. The first-order chi connectivity index (χ1) is 10.3. The molecule has 1 aromatic heterocycles. The molecule has 0 spiro atoms. The molecule has 3 rings (SSSR count). The zero-order valence-electron chi connectivity index (χ0n) is 12.2. The Morgan fingerprint density at radius 2 is 2.10 bits per heavy atom. The number of benzene rings is 1. The first-order valence-electron chi connectivity index (χ1n) is 7.31. The van der Waals surface area contributed by atoms with Crippen LogP contribution in [0.25, 0.3) is 11.4 Å². The molecule has 5 nitrogen and oxygen atoms in total. The van der Waals surface area contributed by atoms with E-state index in [4.69, 9.17) is 4.98 Å². The minimum atomic E-state index is 0.160. The van der Waals surface area contributed by atoms with Crippen LogP contribution in [0.1, 0.15) is 12.8 Å². The summed E-state index contributed by atoms with van der Waals surface area (Å²) in [6.45, 7) is 1.10. The van der Waals surface area contributed by atoms with E-state index in [-0.39, 0.29) is 12.6 Å². The van der Waals surface area contributed by atoms with Crippen LogP contribution in [0.15, 0.2) is 36.4 Å². The fraction of sp³-hybridized carbons (Fsp3) is 0.375. The number of aliphatic hydroxyl groups is 1. The first-order valence-corrected chi connectivity index (χ1v) is 7.31. The zero-order valence-corrected chi connectivity index (χ0v) is 12.2. The predicted molar refractivity (Wildman–Crippen MR) is 84.5 cm³/mol. The second-order valence-corrected chi connectivity index (χ2v) is 5.22. The van der Waals surface area contributed by atoms with E-state index < -0.39 is 0 Å². The van der Waals surface area contributed by atoms with Gasteiger partial charge < -0.3 is 15.3 Å². The summed E-state index contributed by atoms with van der Waals surface area (Å²) in [4.78, 5) is 11.4. The smallest absolute Gasteiger partial charge is 0.163 e. The van der Waals surface area contributed by atoms with Crippen molar-refractivity contribution in [1.29, 1.82) is 0 Å². The van der Waals surface area contributed by atoms with Crippen LogP contribution < -0.4 is 10.2 Å². The molecule has 1 aliphatic rings. The molecule has 1 unspecified atom stereocenters. The van der Waals surface area contributed by atoms with E-state index in [1.165, 1.54) is 0 Å². The minimum Gasteiger partial charge on any atom is -0.394 e. The topological polar surface area (TPSA) is 61.3 Å². The monoisotopic (exact) mass is 284 g/mol. The second kappa shape index (κ2) is 6.10. The number of rotatable bonds is 4. The Hall–Kier alpha value is -2.14. The highest BCUT2D eigenvalue weighted by atomic mass is 16.3. The molecule has 110 valence electrons. The van der Waals surface area contributed by atoms with Crippen LogP contribution >= 0.6 is 0 Å². The van der Waals surface area contributed by atoms with Gasteiger partial charge in [-0.3, -0.25) is 0 Å². The summed E-state index contributed by atoms with van der Waals surface area (Å²) < 4.78 is 0. The van der Waals surface area contributed by atoms with Crippen LogP contribution in [0.5, 0.6) is 0 Å². The lowest BCUT2D eigenvalue weighted by molar-refractivity contribution is 0.266. The highest BCUT2D eigenvalue weighted by Gasteiger charge is 2.25. The van der Waals surface area contributed by atoms with E-state index in [2.05, 4.69) is 15.2 Å². The molecule has 5 heteroatoms. The molecule has 2 N–H and O–H groups in total. The number of nitrogens with one attached hydrogen (secondary N) is 1. The van der Waals surface area contributed by atoms with Gasteiger partial charge >= 0.3 is 0 Å². The number of aromatic nitrogens is 2. The minimum absolute atomic E-state index is 0.160. The number of aliphatic hydroxyl groups excluding tert-OH is 1. The maximum Gasteiger partial charge on any atom is 0.163 e. The molecule has 1 aliphatic heterocycles. The van der Waals surface area contributed by atoms with Gasteiger partial charge in [0.2, 0.25) is 0 Å². The fourth-order valence-corrected chi connectivity index (χ4v) is 2.75. The van der Waals surface area contributed by atoms with E-state index >= 15 is 0 Å². The second-order valence-electron chi connectivity index (χ2n) is 5.22. The molecule has 2 aromatic rings. The molecule has 0 bridgehead atoms. The van der Waals surface area contributed by atoms with Gasteiger partial charge in [0.15, 0.2) is 5.82 Å². The van der Waals surface area contributed by atoms with Crippen LogP contribution in [-0.2, 0) is 0 Å². The van der Waals surface area contributed by atoms with Gasteiger partial charge in [0.05, 0.1) is 12.6 Å². The third-order valence-corrected chi connectivity index (χ3v) is 3.88. The summed E-state index contributed by atoms with van der Waals surface area (Å²) in [7, 11) is 1.86. The van der Waals surface area contributed by atoms with Gasteiger partial charge in [-0.25, -0.2) is 9.97 Å². The SMILES string of the molecule is CNc1cc(N2CCCC2CO)nc(-c2ccccc2)n1. The number of nitrogens with zero attached hydrogens (tertiary/aromatic N) is 3. The largest absolute Gasteiger partial charge is 0.394 e. The predicted octanol–water partition coefficient (Wildman–Crippen LogP) is 2.15. The van der Waals surface area contributed by atoms with Crippen molar-refractivity contribution in [2.75, 3.05) is 30.4 Å². The number of anilines is 2. The van der Waals surface area contributed by atoms with Gasteiger partial charge in [-0.05, 0) is 12.8 Å². The number of hydrogen-bond donors (Lipinski definition) is 2. The molecule has 0 radical (unpaired) electrons. The molecule has 0 amide bonds. The van der Waals surface area contributed by atoms with Crippen molar-refractivity contribution in [3.8, 4) is 11.4 Å². The third-order valence-electron chi connectivity index (χ3n) is 3.88. The van der Waals surface area contributed by atoms with Crippen molar-refractivity contribution in [2.24, 2.45) is 0 Å². The molecule has 21 heavy (non-hydrogen) atoms. The highest BCUT2D eigenvalue weighted by Crippen LogP contribution is 2.27. The molecular weight excluding hydrogens is 264 g/mol. The van der Waals surface area contributed by atoms with Gasteiger partial charge in [0.25, 0.3) is 0 Å². The van der Waals surface area contributed by atoms with Gasteiger partial charge in [0, 0.05) is 25.2 Å². The maximum absolute atomic E-state index is 9.51. The average Bonchev–Trinajstić information content (AvgIpc) is 3.04. The lowest BCUT2D eigenvalue weighted by atomic mass is 10.2. The van der Waals surface area contributed by atoms with E-state index in [0.717, 1.165) is 36.6 Å². The molecule has 1 atom stereocenters. The number of hydrogen-bond acceptors (Lipinski definition) is 5. The fourth-order valence-electron chi connectivity index (χ4n) is 2.75. The van der Waals surface area contributed by atoms with Gasteiger partial charge in [-0.1, -0.05) is 30.3 Å². The molecule has 1 fully saturated rings. The Balaban J connectivity index is 2.01. The van der Waals surface area contributed by atoms with Crippen LogP contribution in [-0.4, -0.2) is 41.3 Å². The summed E-state index contributed by atoms with van der Waals surface area (Å²) in [6.07, 6.45) is 2.10. The molecule has 1 saturated heterocycles. The average molecular weight is 284 g/mol. The van der Waals surface area contributed by atoms with Gasteiger partial charge in [-0.2, -0.15) is 0 Å². The van der Waals surface area contributed by atoms with Crippen LogP contribution in [0, 0.1) is 0 Å². The highest BCUT2D eigenvalue weighted by molar-refractivity contribution is 5.62. The molecular formula is C16H20N4O. The van der Waals surface area contributed by atoms with E-state index in [9.17, 15) is 5.11 Å². The van der Waals surface area contributed by atoms with Crippen molar-refractivity contribution in [3.63, 3.8) is 0 Å². The van der Waals surface area contributed by atoms with Crippen LogP contribution in [0.3, 0.4) is 0 Å². The van der Waals surface area contributed by atoms with Gasteiger partial charge in [0.1, 0.15) is 11.6 Å². The van der Waals surface area contributed by atoms with E-state index in [1.54, 1.807) is 0 Å². The lowest BCUT2D eigenvalue weighted by Gasteiger charge is -2.24. The summed E-state index contributed by atoms with van der Waals surface area (Å²) in [5.41, 5.74) is 0.996. The summed E-state index contributed by atoms with van der Waals surface area (Å²) in [5.74, 6) is 2.38. The van der Waals surface area contributed by atoms with Crippen LogP contribution in [0.2, 0.25) is 0 Å². The Morgan fingerprint density at radius 3 is 2.81 bits per heavy atom. The maximum atomic E-state index is 9.51. The first kappa shape index (κ1) is 13.8. The zero-order chi connectivity index (χ0) is 14.7. The standard InChI is InChI=1S/C16H20N4O/c1-17-14-10-15(20-9-5-8-13(20)11-21)19-16(18-14)12-6-3-2-4-7-12/h2-4,6-7,10,13,21H,5,8-9,11H2,1H3,(H,17,18,19).